The van der Waals surface area contributed by atoms with Crippen molar-refractivity contribution in [3.8, 4) is 0 Å². The van der Waals surface area contributed by atoms with Crippen molar-refractivity contribution in [2.45, 2.75) is 13.1 Å². The van der Waals surface area contributed by atoms with Crippen LogP contribution < -0.4 is 5.32 Å². The van der Waals surface area contributed by atoms with Crippen LogP contribution in [0.1, 0.15) is 11.1 Å². The maximum absolute atomic E-state index is 5.98. The topological polar surface area (TPSA) is 27.8 Å². The first-order chi connectivity index (χ1) is 9.70. The number of aromatic nitrogens is 1. The summed E-state index contributed by atoms with van der Waals surface area (Å²) in [5, 5.41) is 5.97. The van der Waals surface area contributed by atoms with Gasteiger partial charge in [0.15, 0.2) is 0 Å². The van der Waals surface area contributed by atoms with Gasteiger partial charge >= 0.3 is 0 Å². The molecule has 0 fully saturated rings. The van der Waals surface area contributed by atoms with E-state index in [-0.39, 0.29) is 0 Å². The Kier molecular flexibility index (Phi) is 3.97. The van der Waals surface area contributed by atoms with Crippen LogP contribution in [-0.2, 0) is 13.1 Å². The van der Waals surface area contributed by atoms with Crippen LogP contribution in [0.15, 0.2) is 48.7 Å². The highest BCUT2D eigenvalue weighted by molar-refractivity contribution is 6.34. The maximum Gasteiger partial charge on any atom is 0.0454 e. The van der Waals surface area contributed by atoms with Gasteiger partial charge in [0, 0.05) is 34.8 Å². The molecule has 2 aromatic carbocycles. The molecule has 0 saturated carbocycles. The molecule has 0 bridgehead atoms. The van der Waals surface area contributed by atoms with Gasteiger partial charge < -0.3 is 10.3 Å². The minimum atomic E-state index is 0.669. The largest absolute Gasteiger partial charge is 0.361 e. The molecule has 1 heterocycles. The lowest BCUT2D eigenvalue weighted by Gasteiger charge is -2.06. The van der Waals surface area contributed by atoms with E-state index >= 15 is 0 Å². The predicted octanol–water partition coefficient (Wildman–Crippen LogP) is 4.76. The Morgan fingerprint density at radius 1 is 0.850 bits per heavy atom. The average Bonchev–Trinajstić information content (AvgIpc) is 2.85. The summed E-state index contributed by atoms with van der Waals surface area (Å²) < 4.78 is 0. The Labute approximate surface area is 127 Å². The van der Waals surface area contributed by atoms with Gasteiger partial charge in [-0.2, -0.15) is 0 Å². The average molecular weight is 305 g/mol. The summed E-state index contributed by atoms with van der Waals surface area (Å²) in [6, 6.07) is 14.1. The summed E-state index contributed by atoms with van der Waals surface area (Å²) in [6.07, 6.45) is 1.95. The molecule has 3 aromatic rings. The summed E-state index contributed by atoms with van der Waals surface area (Å²) >= 11 is 12.0. The molecule has 0 unspecified atom stereocenters. The number of aromatic amines is 1. The lowest BCUT2D eigenvalue weighted by molar-refractivity contribution is 0.694. The van der Waals surface area contributed by atoms with Crippen molar-refractivity contribution in [2.75, 3.05) is 0 Å². The van der Waals surface area contributed by atoms with Gasteiger partial charge in [0.25, 0.3) is 0 Å². The molecule has 0 aliphatic rings. The highest BCUT2D eigenvalue weighted by Gasteiger charge is 2.00. The van der Waals surface area contributed by atoms with Crippen LogP contribution in [-0.4, -0.2) is 4.98 Å². The van der Waals surface area contributed by atoms with Crippen molar-refractivity contribution in [1.82, 2.24) is 10.3 Å². The van der Waals surface area contributed by atoms with E-state index in [4.69, 9.17) is 23.2 Å². The SMILES string of the molecule is Clc1cc(Cl)cc(CNCc2ccc3[nH]ccc3c2)c1. The number of rotatable bonds is 4. The van der Waals surface area contributed by atoms with Crippen molar-refractivity contribution in [3.63, 3.8) is 0 Å². The summed E-state index contributed by atoms with van der Waals surface area (Å²) in [7, 11) is 0. The number of nitrogens with one attached hydrogen (secondary N) is 2. The smallest absolute Gasteiger partial charge is 0.0454 e. The van der Waals surface area contributed by atoms with Crippen molar-refractivity contribution in [1.29, 1.82) is 0 Å². The van der Waals surface area contributed by atoms with Crippen LogP contribution >= 0.6 is 23.2 Å². The molecule has 0 radical (unpaired) electrons. The Hall–Kier alpha value is -1.48. The summed E-state index contributed by atoms with van der Waals surface area (Å²) in [5.74, 6) is 0. The third-order valence-corrected chi connectivity index (χ3v) is 3.63. The second kappa shape index (κ2) is 5.88. The van der Waals surface area contributed by atoms with Crippen molar-refractivity contribution in [3.05, 3.63) is 69.8 Å². The molecular weight excluding hydrogens is 291 g/mol. The van der Waals surface area contributed by atoms with E-state index < -0.39 is 0 Å². The van der Waals surface area contributed by atoms with E-state index in [2.05, 4.69) is 34.6 Å². The minimum absolute atomic E-state index is 0.669. The van der Waals surface area contributed by atoms with Crippen LogP contribution in [0.25, 0.3) is 10.9 Å². The van der Waals surface area contributed by atoms with E-state index in [1.54, 1.807) is 6.07 Å². The first-order valence-electron chi connectivity index (χ1n) is 6.42. The molecular formula is C16H14Cl2N2. The number of halogens is 2. The van der Waals surface area contributed by atoms with E-state index in [0.717, 1.165) is 24.2 Å². The third-order valence-electron chi connectivity index (χ3n) is 3.20. The van der Waals surface area contributed by atoms with Gasteiger partial charge in [0.1, 0.15) is 0 Å². The second-order valence-electron chi connectivity index (χ2n) is 4.78. The molecule has 0 spiro atoms. The second-order valence-corrected chi connectivity index (χ2v) is 5.65. The van der Waals surface area contributed by atoms with E-state index in [0.29, 0.717) is 10.0 Å². The number of H-pyrrole nitrogens is 1. The van der Waals surface area contributed by atoms with Crippen LogP contribution in [0.2, 0.25) is 10.0 Å². The highest BCUT2D eigenvalue weighted by Crippen LogP contribution is 2.19. The normalized spacial score (nSPS) is 11.1. The lowest BCUT2D eigenvalue weighted by Crippen LogP contribution is -2.12. The fraction of sp³-hybridized carbons (Fsp3) is 0.125. The van der Waals surface area contributed by atoms with Gasteiger partial charge in [-0.05, 0) is 52.9 Å². The van der Waals surface area contributed by atoms with Gasteiger partial charge in [-0.15, -0.1) is 0 Å². The third kappa shape index (κ3) is 3.15. The van der Waals surface area contributed by atoms with Gasteiger partial charge in [-0.25, -0.2) is 0 Å². The van der Waals surface area contributed by atoms with Gasteiger partial charge in [0.2, 0.25) is 0 Å². The Morgan fingerprint density at radius 3 is 2.40 bits per heavy atom. The molecule has 0 aliphatic heterocycles. The number of hydrogen-bond acceptors (Lipinski definition) is 1. The Balaban J connectivity index is 1.64. The lowest BCUT2D eigenvalue weighted by atomic mass is 10.1. The molecule has 0 saturated heterocycles. The molecule has 0 aliphatic carbocycles. The van der Waals surface area contributed by atoms with Crippen molar-refractivity contribution >= 4 is 34.1 Å². The molecule has 2 nitrogen and oxygen atoms in total. The van der Waals surface area contributed by atoms with E-state index in [1.807, 2.05) is 18.3 Å². The monoisotopic (exact) mass is 304 g/mol. The molecule has 20 heavy (non-hydrogen) atoms. The summed E-state index contributed by atoms with van der Waals surface area (Å²) in [5.41, 5.74) is 3.51. The van der Waals surface area contributed by atoms with Crippen LogP contribution in [0.5, 0.6) is 0 Å². The summed E-state index contributed by atoms with van der Waals surface area (Å²) in [6.45, 7) is 1.55. The van der Waals surface area contributed by atoms with Gasteiger partial charge in [-0.1, -0.05) is 29.3 Å². The molecule has 1 aromatic heterocycles. The highest BCUT2D eigenvalue weighted by atomic mass is 35.5. The Morgan fingerprint density at radius 2 is 1.60 bits per heavy atom. The maximum atomic E-state index is 5.98. The van der Waals surface area contributed by atoms with E-state index in [9.17, 15) is 0 Å². The number of benzene rings is 2. The molecule has 2 N–H and O–H groups in total. The predicted molar refractivity (Wildman–Crippen MR) is 85.3 cm³/mol. The van der Waals surface area contributed by atoms with Crippen LogP contribution in [0, 0.1) is 0 Å². The van der Waals surface area contributed by atoms with Gasteiger partial charge in [0.05, 0.1) is 0 Å². The quantitative estimate of drug-likeness (QED) is 0.714. The minimum Gasteiger partial charge on any atom is -0.361 e. The Bertz CT molecular complexity index is 714. The molecule has 0 atom stereocenters. The molecule has 3 rings (SSSR count). The fourth-order valence-corrected chi connectivity index (χ4v) is 2.85. The van der Waals surface area contributed by atoms with Crippen molar-refractivity contribution in [2.24, 2.45) is 0 Å². The molecule has 102 valence electrons. The molecule has 4 heteroatoms. The standard InChI is InChI=1S/C16H14Cl2N2/c17-14-6-12(7-15(18)8-14)10-19-9-11-1-2-16-13(5-11)3-4-20-16/h1-8,19-20H,9-10H2. The fourth-order valence-electron chi connectivity index (χ4n) is 2.28. The van der Waals surface area contributed by atoms with Crippen LogP contribution in [0.3, 0.4) is 0 Å². The zero-order chi connectivity index (χ0) is 13.9. The number of fused-ring (bicyclic) bond motifs is 1. The first kappa shape index (κ1) is 13.5. The van der Waals surface area contributed by atoms with E-state index in [1.165, 1.54) is 10.9 Å². The zero-order valence-electron chi connectivity index (χ0n) is 10.8. The summed E-state index contributed by atoms with van der Waals surface area (Å²) in [4.78, 5) is 3.19. The number of hydrogen-bond donors (Lipinski definition) is 2. The first-order valence-corrected chi connectivity index (χ1v) is 7.18. The molecule has 0 amide bonds. The van der Waals surface area contributed by atoms with Crippen LogP contribution in [0.4, 0.5) is 0 Å². The van der Waals surface area contributed by atoms with Crippen molar-refractivity contribution < 1.29 is 0 Å². The van der Waals surface area contributed by atoms with Gasteiger partial charge in [-0.3, -0.25) is 0 Å². The zero-order valence-corrected chi connectivity index (χ0v) is 12.3.